The number of amides is 1. The fraction of sp³-hybridized carbons (Fsp3) is 0.333. The van der Waals surface area contributed by atoms with E-state index in [0.717, 1.165) is 43.7 Å². The highest BCUT2D eigenvalue weighted by Gasteiger charge is 2.23. The first-order valence-electron chi connectivity index (χ1n) is 9.96. The SMILES string of the molecule is Cn1nccc1/C=C/C(=O)N1CCC[C@@H](Cc2cc(Nc3cnccn3)ncn2)C1. The van der Waals surface area contributed by atoms with Gasteiger partial charge >= 0.3 is 0 Å². The van der Waals surface area contributed by atoms with Gasteiger partial charge in [0.05, 0.1) is 11.9 Å². The van der Waals surface area contributed by atoms with Crippen molar-refractivity contribution in [3.63, 3.8) is 0 Å². The van der Waals surface area contributed by atoms with Crippen molar-refractivity contribution in [2.75, 3.05) is 18.4 Å². The number of likely N-dealkylation sites (tertiary alicyclic amines) is 1. The Balaban J connectivity index is 1.36. The summed E-state index contributed by atoms with van der Waals surface area (Å²) in [6.45, 7) is 1.51. The summed E-state index contributed by atoms with van der Waals surface area (Å²) in [7, 11) is 1.86. The second-order valence-electron chi connectivity index (χ2n) is 7.32. The second kappa shape index (κ2) is 9.25. The van der Waals surface area contributed by atoms with E-state index in [1.807, 2.05) is 30.2 Å². The summed E-state index contributed by atoms with van der Waals surface area (Å²) >= 11 is 0. The molecule has 1 amide bonds. The van der Waals surface area contributed by atoms with Gasteiger partial charge in [-0.3, -0.25) is 14.5 Å². The normalized spacial score (nSPS) is 16.7. The van der Waals surface area contributed by atoms with Crippen molar-refractivity contribution < 1.29 is 4.79 Å². The Kier molecular flexibility index (Phi) is 6.07. The van der Waals surface area contributed by atoms with Crippen molar-refractivity contribution in [2.24, 2.45) is 13.0 Å². The molecule has 3 aromatic rings. The third kappa shape index (κ3) is 5.05. The number of nitrogens with zero attached hydrogens (tertiary/aromatic N) is 7. The summed E-state index contributed by atoms with van der Waals surface area (Å²) in [4.78, 5) is 31.4. The quantitative estimate of drug-likeness (QED) is 0.629. The van der Waals surface area contributed by atoms with Crippen LogP contribution in [0, 0.1) is 5.92 Å². The van der Waals surface area contributed by atoms with Crippen LogP contribution in [0.3, 0.4) is 0 Å². The minimum Gasteiger partial charge on any atom is -0.339 e. The van der Waals surface area contributed by atoms with Gasteiger partial charge < -0.3 is 10.2 Å². The maximum Gasteiger partial charge on any atom is 0.246 e. The molecular weight excluding hydrogens is 380 g/mol. The highest BCUT2D eigenvalue weighted by molar-refractivity contribution is 5.91. The van der Waals surface area contributed by atoms with Crippen LogP contribution in [0.4, 0.5) is 11.6 Å². The molecule has 1 aliphatic rings. The van der Waals surface area contributed by atoms with Gasteiger partial charge in [0.15, 0.2) is 0 Å². The number of carbonyl (C=O) groups is 1. The van der Waals surface area contributed by atoms with Crippen LogP contribution in [-0.4, -0.2) is 53.6 Å². The van der Waals surface area contributed by atoms with Crippen LogP contribution in [0.1, 0.15) is 24.2 Å². The van der Waals surface area contributed by atoms with E-state index >= 15 is 0 Å². The first kappa shape index (κ1) is 19.7. The fourth-order valence-electron chi connectivity index (χ4n) is 3.61. The summed E-state index contributed by atoms with van der Waals surface area (Å²) in [5.74, 6) is 1.72. The summed E-state index contributed by atoms with van der Waals surface area (Å²) in [6, 6.07) is 3.81. The summed E-state index contributed by atoms with van der Waals surface area (Å²) in [5, 5.41) is 7.25. The van der Waals surface area contributed by atoms with E-state index in [9.17, 15) is 4.79 Å². The molecule has 0 spiro atoms. The van der Waals surface area contributed by atoms with Gasteiger partial charge in [-0.15, -0.1) is 0 Å². The van der Waals surface area contributed by atoms with Crippen LogP contribution in [-0.2, 0) is 18.3 Å². The molecule has 9 heteroatoms. The summed E-state index contributed by atoms with van der Waals surface area (Å²) in [6.07, 6.45) is 14.5. The van der Waals surface area contributed by atoms with Gasteiger partial charge in [-0.1, -0.05) is 0 Å². The number of rotatable bonds is 6. The molecule has 30 heavy (non-hydrogen) atoms. The lowest BCUT2D eigenvalue weighted by Gasteiger charge is -2.32. The van der Waals surface area contributed by atoms with Crippen LogP contribution < -0.4 is 5.32 Å². The Bertz CT molecular complexity index is 1020. The molecule has 1 saturated heterocycles. The van der Waals surface area contributed by atoms with Crippen LogP contribution >= 0.6 is 0 Å². The van der Waals surface area contributed by atoms with Crippen molar-refractivity contribution >= 4 is 23.6 Å². The zero-order chi connectivity index (χ0) is 20.8. The third-order valence-electron chi connectivity index (χ3n) is 5.13. The van der Waals surface area contributed by atoms with Crippen molar-refractivity contribution in [1.82, 2.24) is 34.6 Å². The molecule has 1 aliphatic heterocycles. The molecule has 0 saturated carbocycles. The average Bonchev–Trinajstić information content (AvgIpc) is 3.18. The largest absolute Gasteiger partial charge is 0.339 e. The Labute approximate surface area is 174 Å². The van der Waals surface area contributed by atoms with Gasteiger partial charge in [0.25, 0.3) is 0 Å². The van der Waals surface area contributed by atoms with Crippen molar-refractivity contribution in [3.8, 4) is 0 Å². The maximum absolute atomic E-state index is 12.6. The summed E-state index contributed by atoms with van der Waals surface area (Å²) in [5.41, 5.74) is 1.85. The van der Waals surface area contributed by atoms with E-state index in [-0.39, 0.29) is 5.91 Å². The zero-order valence-corrected chi connectivity index (χ0v) is 16.8. The molecule has 4 rings (SSSR count). The number of piperidine rings is 1. The molecule has 0 aliphatic carbocycles. The van der Waals surface area contributed by atoms with Crippen molar-refractivity contribution in [2.45, 2.75) is 19.3 Å². The van der Waals surface area contributed by atoms with Gasteiger partial charge in [-0.2, -0.15) is 5.10 Å². The molecule has 4 heterocycles. The molecule has 0 aromatic carbocycles. The molecular formula is C21H24N8O. The highest BCUT2D eigenvalue weighted by atomic mass is 16.2. The van der Waals surface area contributed by atoms with Crippen LogP contribution in [0.25, 0.3) is 6.08 Å². The predicted octanol–water partition coefficient (Wildman–Crippen LogP) is 2.24. The van der Waals surface area contributed by atoms with E-state index in [1.165, 1.54) is 0 Å². The van der Waals surface area contributed by atoms with Crippen LogP contribution in [0.5, 0.6) is 0 Å². The minimum atomic E-state index is 0.0357. The molecule has 1 N–H and O–H groups in total. The molecule has 0 radical (unpaired) electrons. The van der Waals surface area contributed by atoms with Crippen molar-refractivity contribution in [1.29, 1.82) is 0 Å². The molecule has 3 aromatic heterocycles. The fourth-order valence-corrected chi connectivity index (χ4v) is 3.61. The molecule has 0 bridgehead atoms. The minimum absolute atomic E-state index is 0.0357. The number of anilines is 2. The predicted molar refractivity (Wildman–Crippen MR) is 113 cm³/mol. The first-order valence-corrected chi connectivity index (χ1v) is 9.96. The Morgan fingerprint density at radius 1 is 1.23 bits per heavy atom. The number of hydrogen-bond donors (Lipinski definition) is 1. The topological polar surface area (TPSA) is 102 Å². The number of aromatic nitrogens is 6. The lowest BCUT2D eigenvalue weighted by Crippen LogP contribution is -2.39. The molecule has 1 atom stereocenters. The van der Waals surface area contributed by atoms with E-state index in [4.69, 9.17) is 0 Å². The highest BCUT2D eigenvalue weighted by Crippen LogP contribution is 2.22. The number of hydrogen-bond acceptors (Lipinski definition) is 7. The van der Waals surface area contributed by atoms with Crippen molar-refractivity contribution in [3.05, 3.63) is 60.7 Å². The first-order chi connectivity index (χ1) is 14.7. The Morgan fingerprint density at radius 2 is 2.17 bits per heavy atom. The second-order valence-corrected chi connectivity index (χ2v) is 7.32. The van der Waals surface area contributed by atoms with Crippen LogP contribution in [0.2, 0.25) is 0 Å². The van der Waals surface area contributed by atoms with Gasteiger partial charge in [-0.05, 0) is 37.3 Å². The Hall–Kier alpha value is -3.62. The van der Waals surface area contributed by atoms with E-state index in [1.54, 1.807) is 41.9 Å². The van der Waals surface area contributed by atoms with Gasteiger partial charge in [0.1, 0.15) is 18.0 Å². The monoisotopic (exact) mass is 404 g/mol. The molecule has 0 unspecified atom stereocenters. The Morgan fingerprint density at radius 3 is 2.97 bits per heavy atom. The van der Waals surface area contributed by atoms with E-state index in [2.05, 4.69) is 30.4 Å². The molecule has 1 fully saturated rings. The zero-order valence-electron chi connectivity index (χ0n) is 16.8. The van der Waals surface area contributed by atoms with E-state index < -0.39 is 0 Å². The van der Waals surface area contributed by atoms with E-state index in [0.29, 0.717) is 17.6 Å². The summed E-state index contributed by atoms with van der Waals surface area (Å²) < 4.78 is 1.74. The third-order valence-corrected chi connectivity index (χ3v) is 5.13. The maximum atomic E-state index is 12.6. The molecule has 9 nitrogen and oxygen atoms in total. The number of nitrogens with one attached hydrogen (secondary N) is 1. The lowest BCUT2D eigenvalue weighted by molar-refractivity contribution is -0.127. The van der Waals surface area contributed by atoms with Gasteiger partial charge in [0, 0.05) is 56.6 Å². The standard InChI is InChI=1S/C21H24N8O/c1-28-18(6-7-26-28)4-5-21(30)29-10-2-3-16(14-29)11-17-12-19(25-15-24-17)27-20-13-22-8-9-23-20/h4-9,12-13,15-16H,2-3,10-11,14H2,1H3,(H,23,24,25,27)/b5-4+/t16-/m0/s1. The lowest BCUT2D eigenvalue weighted by atomic mass is 9.93. The number of carbonyl (C=O) groups excluding carboxylic acids is 1. The average molecular weight is 404 g/mol. The number of aryl methyl sites for hydroxylation is 1. The van der Waals surface area contributed by atoms with Gasteiger partial charge in [-0.25, -0.2) is 15.0 Å². The smallest absolute Gasteiger partial charge is 0.246 e. The molecule has 154 valence electrons. The van der Waals surface area contributed by atoms with Gasteiger partial charge in [0.2, 0.25) is 5.91 Å². The van der Waals surface area contributed by atoms with Crippen LogP contribution in [0.15, 0.2) is 49.3 Å².